The maximum Gasteiger partial charge on any atom is 0.182 e. The lowest BCUT2D eigenvalue weighted by Crippen LogP contribution is -2.53. The number of hydrogen-bond donors (Lipinski definition) is 0. The lowest BCUT2D eigenvalue weighted by Gasteiger charge is -2.39. The Kier molecular flexibility index (Phi) is 4.98. The molecular weight excluding hydrogens is 274 g/mol. The summed E-state index contributed by atoms with van der Waals surface area (Å²) in [4.78, 5) is 16.2. The van der Waals surface area contributed by atoms with Crippen LogP contribution in [-0.2, 0) is 0 Å². The van der Waals surface area contributed by atoms with E-state index in [1.165, 1.54) is 4.90 Å². The first kappa shape index (κ1) is 14.9. The molecule has 1 aromatic carbocycles. The van der Waals surface area contributed by atoms with Gasteiger partial charge in [0, 0.05) is 35.1 Å². The highest BCUT2D eigenvalue weighted by Gasteiger charge is 2.35. The van der Waals surface area contributed by atoms with Crippen molar-refractivity contribution in [3.05, 3.63) is 29.8 Å². The topological polar surface area (TPSA) is 20.3 Å². The van der Waals surface area contributed by atoms with Gasteiger partial charge in [-0.2, -0.15) is 11.8 Å². The summed E-state index contributed by atoms with van der Waals surface area (Å²) in [5, 5.41) is 0. The number of benzene rings is 1. The highest BCUT2D eigenvalue weighted by molar-refractivity contribution is 7.99. The van der Waals surface area contributed by atoms with E-state index in [1.807, 2.05) is 56.1 Å². The smallest absolute Gasteiger partial charge is 0.182 e. The Balaban J connectivity index is 2.15. The minimum absolute atomic E-state index is 0.229. The zero-order valence-corrected chi connectivity index (χ0v) is 13.4. The summed E-state index contributed by atoms with van der Waals surface area (Å²) in [5.74, 6) is 2.48. The van der Waals surface area contributed by atoms with Crippen molar-refractivity contribution >= 4 is 29.3 Å². The first-order valence-corrected chi connectivity index (χ1v) is 8.95. The third-order valence-electron chi connectivity index (χ3n) is 3.71. The zero-order chi connectivity index (χ0) is 13.9. The third-order valence-corrected chi connectivity index (χ3v) is 5.40. The summed E-state index contributed by atoms with van der Waals surface area (Å²) < 4.78 is 0. The molecule has 2 rings (SSSR count). The standard InChI is InChI=1S/C15H21NOS2/c1-15(2,16-8-10-19-11-9-16)14(17)12-4-6-13(18-3)7-5-12/h4-7H,8-11H2,1-3H3. The second-order valence-corrected chi connectivity index (χ2v) is 7.32. The number of ketones is 1. The lowest BCUT2D eigenvalue weighted by atomic mass is 9.91. The van der Waals surface area contributed by atoms with Crippen LogP contribution in [0.25, 0.3) is 0 Å². The van der Waals surface area contributed by atoms with Gasteiger partial charge in [-0.05, 0) is 32.2 Å². The van der Waals surface area contributed by atoms with Gasteiger partial charge in [-0.1, -0.05) is 12.1 Å². The maximum absolute atomic E-state index is 12.7. The molecule has 0 amide bonds. The molecule has 0 saturated carbocycles. The first-order valence-electron chi connectivity index (χ1n) is 6.57. The Morgan fingerprint density at radius 2 is 1.79 bits per heavy atom. The molecule has 1 aromatic rings. The van der Waals surface area contributed by atoms with Crippen molar-refractivity contribution in [3.8, 4) is 0 Å². The molecule has 1 aliphatic rings. The Morgan fingerprint density at radius 3 is 2.32 bits per heavy atom. The molecule has 0 spiro atoms. The predicted octanol–water partition coefficient (Wildman–Crippen LogP) is 3.42. The molecule has 0 unspecified atom stereocenters. The van der Waals surface area contributed by atoms with Crippen LogP contribution in [0.2, 0.25) is 0 Å². The first-order chi connectivity index (χ1) is 9.05. The molecule has 104 valence electrons. The van der Waals surface area contributed by atoms with E-state index >= 15 is 0 Å². The molecule has 0 aromatic heterocycles. The summed E-state index contributed by atoms with van der Waals surface area (Å²) >= 11 is 3.67. The number of carbonyl (C=O) groups excluding carboxylic acids is 1. The van der Waals surface area contributed by atoms with Gasteiger partial charge < -0.3 is 0 Å². The maximum atomic E-state index is 12.7. The minimum Gasteiger partial charge on any atom is -0.292 e. The monoisotopic (exact) mass is 295 g/mol. The Morgan fingerprint density at radius 1 is 1.21 bits per heavy atom. The van der Waals surface area contributed by atoms with E-state index in [4.69, 9.17) is 0 Å². The van der Waals surface area contributed by atoms with Gasteiger partial charge in [-0.25, -0.2) is 0 Å². The molecule has 19 heavy (non-hydrogen) atoms. The third kappa shape index (κ3) is 3.36. The number of carbonyl (C=O) groups is 1. The molecule has 0 N–H and O–H groups in total. The average molecular weight is 295 g/mol. The van der Waals surface area contributed by atoms with E-state index in [0.717, 1.165) is 30.2 Å². The molecule has 2 nitrogen and oxygen atoms in total. The van der Waals surface area contributed by atoms with Gasteiger partial charge in [-0.3, -0.25) is 9.69 Å². The van der Waals surface area contributed by atoms with Crippen LogP contribution in [0, 0.1) is 0 Å². The number of rotatable bonds is 4. The minimum atomic E-state index is -0.401. The molecule has 1 saturated heterocycles. The van der Waals surface area contributed by atoms with Crippen LogP contribution in [0.3, 0.4) is 0 Å². The molecular formula is C15H21NOS2. The van der Waals surface area contributed by atoms with E-state index in [2.05, 4.69) is 4.90 Å². The fourth-order valence-corrected chi connectivity index (χ4v) is 3.67. The summed E-state index contributed by atoms with van der Waals surface area (Å²) in [5.41, 5.74) is 0.419. The van der Waals surface area contributed by atoms with Crippen molar-refractivity contribution in [3.63, 3.8) is 0 Å². The van der Waals surface area contributed by atoms with Crippen LogP contribution in [0.15, 0.2) is 29.2 Å². The Labute approximate surface area is 124 Å². The fraction of sp³-hybridized carbons (Fsp3) is 0.533. The molecule has 0 radical (unpaired) electrons. The highest BCUT2D eigenvalue weighted by Crippen LogP contribution is 2.25. The van der Waals surface area contributed by atoms with Crippen LogP contribution < -0.4 is 0 Å². The lowest BCUT2D eigenvalue weighted by molar-refractivity contribution is 0.0668. The molecule has 1 fully saturated rings. The van der Waals surface area contributed by atoms with E-state index in [0.29, 0.717) is 0 Å². The van der Waals surface area contributed by atoms with Crippen molar-refractivity contribution in [2.45, 2.75) is 24.3 Å². The van der Waals surface area contributed by atoms with Crippen LogP contribution in [0.4, 0.5) is 0 Å². The van der Waals surface area contributed by atoms with Gasteiger partial charge in [0.15, 0.2) is 5.78 Å². The van der Waals surface area contributed by atoms with Crippen molar-refractivity contribution in [1.82, 2.24) is 4.90 Å². The zero-order valence-electron chi connectivity index (χ0n) is 11.8. The Hall–Kier alpha value is -0.450. The van der Waals surface area contributed by atoms with E-state index in [-0.39, 0.29) is 5.78 Å². The molecule has 0 bridgehead atoms. The predicted molar refractivity (Wildman–Crippen MR) is 85.5 cm³/mol. The normalized spacial score (nSPS) is 17.4. The number of hydrogen-bond acceptors (Lipinski definition) is 4. The summed E-state index contributed by atoms with van der Waals surface area (Å²) in [6.07, 6.45) is 2.05. The highest BCUT2D eigenvalue weighted by atomic mass is 32.2. The number of Topliss-reactive ketones (excluding diaryl/α,β-unsaturated/α-hetero) is 1. The Bertz CT molecular complexity index is 436. The SMILES string of the molecule is CSc1ccc(C(=O)C(C)(C)N2CCSCC2)cc1. The van der Waals surface area contributed by atoms with Crippen LogP contribution in [-0.4, -0.2) is 47.1 Å². The van der Waals surface area contributed by atoms with Gasteiger partial charge in [0.25, 0.3) is 0 Å². The second-order valence-electron chi connectivity index (χ2n) is 5.22. The summed E-state index contributed by atoms with van der Waals surface area (Å²) in [7, 11) is 0. The fourth-order valence-electron chi connectivity index (χ4n) is 2.36. The van der Waals surface area contributed by atoms with E-state index in [1.54, 1.807) is 11.8 Å². The molecule has 0 aliphatic carbocycles. The van der Waals surface area contributed by atoms with Gasteiger partial charge in [0.05, 0.1) is 5.54 Å². The largest absolute Gasteiger partial charge is 0.292 e. The van der Waals surface area contributed by atoms with Gasteiger partial charge >= 0.3 is 0 Å². The van der Waals surface area contributed by atoms with Crippen molar-refractivity contribution < 1.29 is 4.79 Å². The van der Waals surface area contributed by atoms with Crippen LogP contribution in [0.5, 0.6) is 0 Å². The van der Waals surface area contributed by atoms with Crippen molar-refractivity contribution in [1.29, 1.82) is 0 Å². The molecule has 4 heteroatoms. The van der Waals surface area contributed by atoms with Gasteiger partial charge in [-0.15, -0.1) is 11.8 Å². The number of thioether (sulfide) groups is 2. The average Bonchev–Trinajstić information content (AvgIpc) is 2.47. The van der Waals surface area contributed by atoms with E-state index < -0.39 is 5.54 Å². The van der Waals surface area contributed by atoms with Crippen molar-refractivity contribution in [2.24, 2.45) is 0 Å². The van der Waals surface area contributed by atoms with Crippen molar-refractivity contribution in [2.75, 3.05) is 30.9 Å². The molecule has 1 heterocycles. The summed E-state index contributed by atoms with van der Waals surface area (Å²) in [6.45, 7) is 6.11. The molecule has 1 aliphatic heterocycles. The second kappa shape index (κ2) is 6.33. The van der Waals surface area contributed by atoms with Crippen LogP contribution in [0.1, 0.15) is 24.2 Å². The van der Waals surface area contributed by atoms with Crippen LogP contribution >= 0.6 is 23.5 Å². The summed E-state index contributed by atoms with van der Waals surface area (Å²) in [6, 6.07) is 7.96. The van der Waals surface area contributed by atoms with E-state index in [9.17, 15) is 4.79 Å². The molecule has 0 atom stereocenters. The van der Waals surface area contributed by atoms with Gasteiger partial charge in [0.1, 0.15) is 0 Å². The number of nitrogens with zero attached hydrogens (tertiary/aromatic N) is 1. The van der Waals surface area contributed by atoms with Gasteiger partial charge in [0.2, 0.25) is 0 Å². The quantitative estimate of drug-likeness (QED) is 0.626.